The summed E-state index contributed by atoms with van der Waals surface area (Å²) in [6, 6.07) is 0. The van der Waals surface area contributed by atoms with Crippen LogP contribution in [-0.4, -0.2) is 96.0 Å². The largest absolute Gasteiger partial charge is 0.462 e. The zero-order chi connectivity index (χ0) is 45.5. The summed E-state index contributed by atoms with van der Waals surface area (Å²) in [6.07, 6.45) is 39.4. The van der Waals surface area contributed by atoms with Crippen molar-refractivity contribution >= 4 is 22.1 Å². The van der Waals surface area contributed by atoms with E-state index >= 15 is 0 Å². The second kappa shape index (κ2) is 38.5. The first-order valence-electron chi connectivity index (χ1n) is 23.5. The lowest BCUT2D eigenvalue weighted by atomic mass is 10.00. The Bertz CT molecular complexity index is 1420. The SMILES string of the molecule is CC/C=C\C/C=C\C/C=C\CCCCCCCC(=O)OCC(COC1OC(CS(=O)(=O)O)C(O)C(O)C1O)OC(=O)CCCCCCCC/C=C\C/C=C\C/C=C\CCCCC. The zero-order valence-corrected chi connectivity index (χ0v) is 38.8. The maximum Gasteiger partial charge on any atom is 0.306 e. The van der Waals surface area contributed by atoms with Crippen molar-refractivity contribution in [2.45, 2.75) is 205 Å². The lowest BCUT2D eigenvalue weighted by Gasteiger charge is -2.40. The van der Waals surface area contributed by atoms with Crippen molar-refractivity contribution in [1.29, 1.82) is 0 Å². The summed E-state index contributed by atoms with van der Waals surface area (Å²) in [7, 11) is -4.61. The third-order valence-corrected chi connectivity index (χ3v) is 11.0. The van der Waals surface area contributed by atoms with Crippen LogP contribution in [0.15, 0.2) is 72.9 Å². The number of carbonyl (C=O) groups is 2. The number of unbranched alkanes of at least 4 members (excludes halogenated alkanes) is 14. The molecule has 12 nitrogen and oxygen atoms in total. The van der Waals surface area contributed by atoms with Gasteiger partial charge in [0.05, 0.1) is 6.61 Å². The molecule has 62 heavy (non-hydrogen) atoms. The van der Waals surface area contributed by atoms with Crippen molar-refractivity contribution in [2.75, 3.05) is 19.0 Å². The Labute approximate surface area is 374 Å². The summed E-state index contributed by atoms with van der Waals surface area (Å²) >= 11 is 0. The maximum atomic E-state index is 12.8. The number of aliphatic hydroxyl groups excluding tert-OH is 3. The first kappa shape index (κ1) is 57.1. The van der Waals surface area contributed by atoms with Gasteiger partial charge in [0.25, 0.3) is 10.1 Å². The zero-order valence-electron chi connectivity index (χ0n) is 37.9. The maximum absolute atomic E-state index is 12.8. The third kappa shape index (κ3) is 32.7. The second-order valence-corrected chi connectivity index (χ2v) is 17.5. The van der Waals surface area contributed by atoms with Crippen LogP contribution in [0.1, 0.15) is 168 Å². The van der Waals surface area contributed by atoms with E-state index in [1.54, 1.807) is 0 Å². The molecule has 0 aliphatic carbocycles. The van der Waals surface area contributed by atoms with Gasteiger partial charge in [0.15, 0.2) is 12.4 Å². The van der Waals surface area contributed by atoms with Crippen LogP contribution in [-0.2, 0) is 38.7 Å². The fraction of sp³-hybridized carbons (Fsp3) is 0.714. The van der Waals surface area contributed by atoms with Gasteiger partial charge in [-0.2, -0.15) is 8.42 Å². The molecule has 13 heteroatoms. The molecule has 0 saturated carbocycles. The third-order valence-electron chi connectivity index (χ3n) is 10.3. The van der Waals surface area contributed by atoms with Crippen LogP contribution < -0.4 is 0 Å². The number of allylic oxidation sites excluding steroid dienone is 12. The number of aliphatic hydroxyl groups is 3. The average molecular weight is 895 g/mol. The summed E-state index contributed by atoms with van der Waals surface area (Å²) < 4.78 is 54.1. The van der Waals surface area contributed by atoms with Gasteiger partial charge in [-0.05, 0) is 83.5 Å². The smallest absolute Gasteiger partial charge is 0.306 e. The van der Waals surface area contributed by atoms with Crippen LogP contribution in [0, 0.1) is 0 Å². The molecule has 1 saturated heterocycles. The fourth-order valence-corrected chi connectivity index (χ4v) is 7.33. The van der Waals surface area contributed by atoms with Gasteiger partial charge in [0.1, 0.15) is 36.8 Å². The predicted molar refractivity (Wildman–Crippen MR) is 247 cm³/mol. The molecule has 0 aromatic carbocycles. The molecule has 6 atom stereocenters. The number of hydrogen-bond acceptors (Lipinski definition) is 11. The summed E-state index contributed by atoms with van der Waals surface area (Å²) in [6.45, 7) is 3.59. The molecule has 6 unspecified atom stereocenters. The minimum Gasteiger partial charge on any atom is -0.462 e. The molecule has 0 radical (unpaired) electrons. The quantitative estimate of drug-likeness (QED) is 0.0199. The first-order valence-corrected chi connectivity index (χ1v) is 25.1. The molecular formula is C49H82O12S. The van der Waals surface area contributed by atoms with E-state index in [-0.39, 0.29) is 19.4 Å². The summed E-state index contributed by atoms with van der Waals surface area (Å²) in [5.74, 6) is -2.03. The van der Waals surface area contributed by atoms with Gasteiger partial charge >= 0.3 is 11.9 Å². The van der Waals surface area contributed by atoms with Gasteiger partial charge in [-0.1, -0.05) is 145 Å². The lowest BCUT2D eigenvalue weighted by Crippen LogP contribution is -2.60. The van der Waals surface area contributed by atoms with Gasteiger partial charge in [-0.25, -0.2) is 0 Å². The molecule has 4 N–H and O–H groups in total. The highest BCUT2D eigenvalue weighted by Gasteiger charge is 2.46. The molecule has 1 aliphatic rings. The number of rotatable bonds is 38. The van der Waals surface area contributed by atoms with Gasteiger partial charge in [-0.15, -0.1) is 0 Å². The van der Waals surface area contributed by atoms with E-state index in [1.807, 2.05) is 0 Å². The molecule has 1 aliphatic heterocycles. The van der Waals surface area contributed by atoms with Crippen molar-refractivity contribution in [3.8, 4) is 0 Å². The number of ether oxygens (including phenoxy) is 4. The summed E-state index contributed by atoms with van der Waals surface area (Å²) in [4.78, 5) is 25.4. The van der Waals surface area contributed by atoms with E-state index < -0.39 is 71.2 Å². The molecule has 0 spiro atoms. The van der Waals surface area contributed by atoms with Gasteiger partial charge in [0.2, 0.25) is 0 Å². The molecule has 0 amide bonds. The van der Waals surface area contributed by atoms with Crippen molar-refractivity contribution < 1.29 is 56.8 Å². The Balaban J connectivity index is 2.45. The molecule has 1 rings (SSSR count). The average Bonchev–Trinajstić information content (AvgIpc) is 3.24. The van der Waals surface area contributed by atoms with Crippen LogP contribution in [0.5, 0.6) is 0 Å². The first-order chi connectivity index (χ1) is 30.0. The lowest BCUT2D eigenvalue weighted by molar-refractivity contribution is -0.297. The minimum absolute atomic E-state index is 0.142. The van der Waals surface area contributed by atoms with E-state index in [2.05, 4.69) is 86.8 Å². The molecule has 356 valence electrons. The Morgan fingerprint density at radius 2 is 1.02 bits per heavy atom. The molecule has 1 fully saturated rings. The second-order valence-electron chi connectivity index (χ2n) is 16.0. The number of esters is 2. The predicted octanol–water partition coefficient (Wildman–Crippen LogP) is 9.89. The van der Waals surface area contributed by atoms with Crippen LogP contribution in [0.3, 0.4) is 0 Å². The van der Waals surface area contributed by atoms with Crippen molar-refractivity contribution in [2.24, 2.45) is 0 Å². The van der Waals surface area contributed by atoms with Crippen LogP contribution >= 0.6 is 0 Å². The molecule has 0 bridgehead atoms. The van der Waals surface area contributed by atoms with Crippen LogP contribution in [0.25, 0.3) is 0 Å². The van der Waals surface area contributed by atoms with Crippen molar-refractivity contribution in [3.05, 3.63) is 72.9 Å². The Kier molecular flexibility index (Phi) is 35.5. The van der Waals surface area contributed by atoms with E-state index in [1.165, 1.54) is 25.7 Å². The molecule has 1 heterocycles. The molecule has 0 aromatic heterocycles. The van der Waals surface area contributed by atoms with E-state index in [0.29, 0.717) is 12.8 Å². The Morgan fingerprint density at radius 1 is 0.565 bits per heavy atom. The topological polar surface area (TPSA) is 186 Å². The molecule has 0 aromatic rings. The molecular weight excluding hydrogens is 813 g/mol. The summed E-state index contributed by atoms with van der Waals surface area (Å²) in [5, 5.41) is 30.9. The minimum atomic E-state index is -4.61. The Morgan fingerprint density at radius 3 is 1.52 bits per heavy atom. The van der Waals surface area contributed by atoms with Gasteiger partial charge in [-0.3, -0.25) is 14.1 Å². The highest BCUT2D eigenvalue weighted by atomic mass is 32.2. The number of carbonyl (C=O) groups excluding carboxylic acids is 2. The Hall–Kier alpha value is -2.91. The monoisotopic (exact) mass is 895 g/mol. The number of hydrogen-bond donors (Lipinski definition) is 4. The van der Waals surface area contributed by atoms with Crippen LogP contribution in [0.2, 0.25) is 0 Å². The summed E-state index contributed by atoms with van der Waals surface area (Å²) in [5.41, 5.74) is 0. The highest BCUT2D eigenvalue weighted by Crippen LogP contribution is 2.24. The van der Waals surface area contributed by atoms with E-state index in [4.69, 9.17) is 18.9 Å². The van der Waals surface area contributed by atoms with Crippen LogP contribution in [0.4, 0.5) is 0 Å². The van der Waals surface area contributed by atoms with E-state index in [0.717, 1.165) is 103 Å². The van der Waals surface area contributed by atoms with E-state index in [9.17, 15) is 37.9 Å². The standard InChI is InChI=1S/C49H82O12S/c1-3-5-7-9-11-13-15-17-19-20-21-22-24-26-28-30-32-34-36-38-45(51)60-42(40-59-49-48(54)47(53)46(52)43(61-49)41-62(55,56)57)39-58-44(50)37-35-33-31-29-27-25-23-18-16-14-12-10-8-6-4-2/h6,8,11-14,17-19,21-23,42-43,46-49,52-54H,3-5,7,9-10,15-16,20,24-41H2,1-2H3,(H,55,56,57)/b8-6-,13-11-,14-12-,19-17-,22-21-,23-18-. The highest BCUT2D eigenvalue weighted by molar-refractivity contribution is 7.85. The van der Waals surface area contributed by atoms with Gasteiger partial charge < -0.3 is 34.3 Å². The van der Waals surface area contributed by atoms with Crippen molar-refractivity contribution in [1.82, 2.24) is 0 Å². The van der Waals surface area contributed by atoms with Gasteiger partial charge in [0, 0.05) is 12.8 Å². The fourth-order valence-electron chi connectivity index (χ4n) is 6.64. The van der Waals surface area contributed by atoms with Crippen molar-refractivity contribution in [3.63, 3.8) is 0 Å². The normalized spacial score (nSPS) is 20.5.